The molecule has 0 radical (unpaired) electrons. The molecule has 0 aliphatic heterocycles. The van der Waals surface area contributed by atoms with Crippen LogP contribution in [0, 0.1) is 12.3 Å². The van der Waals surface area contributed by atoms with E-state index in [0.29, 0.717) is 10.8 Å². The molecule has 0 amide bonds. The molecule has 2 aromatic rings. The average Bonchev–Trinajstić information content (AvgIpc) is 2.48. The number of pyridine rings is 1. The van der Waals surface area contributed by atoms with Crippen LogP contribution in [0.4, 0.5) is 0 Å². The second-order valence-electron chi connectivity index (χ2n) is 6.55. The molecule has 1 aromatic heterocycles. The summed E-state index contributed by atoms with van der Waals surface area (Å²) in [5.74, 6) is 0.688. The molecule has 0 spiro atoms. The van der Waals surface area contributed by atoms with E-state index in [9.17, 15) is 5.11 Å². The number of rotatable bonds is 4. The molecule has 22 heavy (non-hydrogen) atoms. The minimum Gasteiger partial charge on any atom is -0.490 e. The molecule has 1 heterocycles. The van der Waals surface area contributed by atoms with Crippen molar-refractivity contribution in [1.82, 2.24) is 4.98 Å². The van der Waals surface area contributed by atoms with Gasteiger partial charge in [-0.25, -0.2) is 0 Å². The normalized spacial score (nSPS) is 14.5. The minimum absolute atomic E-state index is 0.142. The smallest absolute Gasteiger partial charge is 0.130 e. The fourth-order valence-electron chi connectivity index (χ4n) is 2.24. The molecular weight excluding hydrogens is 298 g/mol. The first-order chi connectivity index (χ1) is 10.2. The Kier molecular flexibility index (Phi) is 4.78. The molecule has 3 nitrogen and oxygen atoms in total. The monoisotopic (exact) mass is 319 g/mol. The van der Waals surface area contributed by atoms with Crippen molar-refractivity contribution >= 4 is 11.6 Å². The van der Waals surface area contributed by atoms with E-state index in [1.807, 2.05) is 52.0 Å². The molecule has 1 aromatic carbocycles. The first-order valence-electron chi connectivity index (χ1n) is 7.26. The summed E-state index contributed by atoms with van der Waals surface area (Å²) in [6, 6.07) is 9.16. The summed E-state index contributed by atoms with van der Waals surface area (Å²) >= 11 is 6.03. The number of ether oxygens (including phenoxy) is 1. The Hall–Kier alpha value is -1.58. The van der Waals surface area contributed by atoms with Crippen LogP contribution in [0.3, 0.4) is 0 Å². The molecule has 0 bridgehead atoms. The summed E-state index contributed by atoms with van der Waals surface area (Å²) in [4.78, 5) is 4.11. The van der Waals surface area contributed by atoms with Crippen LogP contribution in [-0.4, -0.2) is 16.7 Å². The van der Waals surface area contributed by atoms with E-state index in [0.717, 1.165) is 11.1 Å². The molecule has 1 atom stereocenters. The summed E-state index contributed by atoms with van der Waals surface area (Å²) in [7, 11) is 0. The van der Waals surface area contributed by atoms with Gasteiger partial charge in [0.2, 0.25) is 0 Å². The van der Waals surface area contributed by atoms with Crippen molar-refractivity contribution in [2.24, 2.45) is 5.41 Å². The van der Waals surface area contributed by atoms with E-state index in [2.05, 4.69) is 4.98 Å². The van der Waals surface area contributed by atoms with Gasteiger partial charge in [0.25, 0.3) is 0 Å². The predicted octanol–water partition coefficient (Wildman–Crippen LogP) is 4.36. The zero-order chi connectivity index (χ0) is 16.4. The number of hydrogen-bond donors (Lipinski definition) is 1. The first kappa shape index (κ1) is 16.8. The molecular formula is C18H22ClNO2. The Bertz CT molecular complexity index is 637. The lowest BCUT2D eigenvalue weighted by atomic mass is 9.73. The van der Waals surface area contributed by atoms with Crippen LogP contribution in [0.2, 0.25) is 5.02 Å². The van der Waals surface area contributed by atoms with Gasteiger partial charge in [-0.1, -0.05) is 38.4 Å². The fourth-order valence-corrected chi connectivity index (χ4v) is 2.35. The maximum absolute atomic E-state index is 11.2. The second-order valence-corrected chi connectivity index (χ2v) is 6.96. The second kappa shape index (κ2) is 6.27. The van der Waals surface area contributed by atoms with Crippen LogP contribution in [0.15, 0.2) is 42.7 Å². The third-order valence-corrected chi connectivity index (χ3v) is 4.38. The number of aliphatic hydroxyl groups is 1. The quantitative estimate of drug-likeness (QED) is 0.910. The number of aromatic nitrogens is 1. The topological polar surface area (TPSA) is 42.4 Å². The van der Waals surface area contributed by atoms with Gasteiger partial charge in [0.1, 0.15) is 18.0 Å². The van der Waals surface area contributed by atoms with Gasteiger partial charge in [-0.2, -0.15) is 0 Å². The van der Waals surface area contributed by atoms with Crippen molar-refractivity contribution in [2.45, 2.75) is 33.3 Å². The third kappa shape index (κ3) is 3.42. The van der Waals surface area contributed by atoms with Crippen molar-refractivity contribution in [2.75, 3.05) is 6.61 Å². The molecule has 1 N–H and O–H groups in total. The van der Waals surface area contributed by atoms with Gasteiger partial charge in [0, 0.05) is 23.0 Å². The Balaban J connectivity index is 2.26. The predicted molar refractivity (Wildman–Crippen MR) is 89.3 cm³/mol. The highest BCUT2D eigenvalue weighted by Gasteiger charge is 2.42. The van der Waals surface area contributed by atoms with Gasteiger partial charge in [-0.05, 0) is 42.2 Å². The number of aryl methyl sites for hydroxylation is 1. The molecule has 2 rings (SSSR count). The number of nitrogens with zero attached hydrogens (tertiary/aromatic N) is 1. The summed E-state index contributed by atoms with van der Waals surface area (Å²) in [5.41, 5.74) is 0.139. The Morgan fingerprint density at radius 2 is 1.95 bits per heavy atom. The molecule has 0 aliphatic rings. The van der Waals surface area contributed by atoms with Crippen molar-refractivity contribution < 1.29 is 9.84 Å². The molecule has 0 saturated heterocycles. The molecule has 0 aliphatic carbocycles. The van der Waals surface area contributed by atoms with E-state index < -0.39 is 11.0 Å². The fraction of sp³-hybridized carbons (Fsp3) is 0.389. The molecule has 118 valence electrons. The largest absolute Gasteiger partial charge is 0.490 e. The SMILES string of the molecule is Cc1cc(OCC(O)(c2cccnc2)C(C)(C)C)ccc1Cl. The summed E-state index contributed by atoms with van der Waals surface area (Å²) in [5, 5.41) is 11.9. The van der Waals surface area contributed by atoms with Crippen molar-refractivity contribution in [1.29, 1.82) is 0 Å². The Morgan fingerprint density at radius 3 is 2.50 bits per heavy atom. The van der Waals surface area contributed by atoms with Crippen LogP contribution in [-0.2, 0) is 5.60 Å². The average molecular weight is 320 g/mol. The molecule has 0 fully saturated rings. The highest BCUT2D eigenvalue weighted by Crippen LogP contribution is 2.39. The molecule has 4 heteroatoms. The van der Waals surface area contributed by atoms with Gasteiger partial charge < -0.3 is 9.84 Å². The van der Waals surface area contributed by atoms with Crippen molar-refractivity contribution in [3.05, 3.63) is 58.9 Å². The summed E-state index contributed by atoms with van der Waals surface area (Å²) < 4.78 is 5.85. The summed E-state index contributed by atoms with van der Waals surface area (Å²) in [6.45, 7) is 8.01. The zero-order valence-electron chi connectivity index (χ0n) is 13.4. The molecule has 0 saturated carbocycles. The van der Waals surface area contributed by atoms with Gasteiger partial charge in [-0.3, -0.25) is 4.98 Å². The van der Waals surface area contributed by atoms with E-state index >= 15 is 0 Å². The van der Waals surface area contributed by atoms with Crippen LogP contribution < -0.4 is 4.74 Å². The van der Waals surface area contributed by atoms with E-state index in [4.69, 9.17) is 16.3 Å². The van der Waals surface area contributed by atoms with Crippen LogP contribution >= 0.6 is 11.6 Å². The highest BCUT2D eigenvalue weighted by molar-refractivity contribution is 6.31. The molecule has 1 unspecified atom stereocenters. The van der Waals surface area contributed by atoms with Gasteiger partial charge in [0.05, 0.1) is 0 Å². The van der Waals surface area contributed by atoms with Crippen molar-refractivity contribution in [3.63, 3.8) is 0 Å². The van der Waals surface area contributed by atoms with Gasteiger partial charge in [-0.15, -0.1) is 0 Å². The number of benzene rings is 1. The minimum atomic E-state index is -1.14. The highest BCUT2D eigenvalue weighted by atomic mass is 35.5. The lowest BCUT2D eigenvalue weighted by Crippen LogP contribution is -2.45. The first-order valence-corrected chi connectivity index (χ1v) is 7.64. The summed E-state index contributed by atoms with van der Waals surface area (Å²) in [6.07, 6.45) is 3.37. The van der Waals surface area contributed by atoms with E-state index in [1.54, 1.807) is 18.5 Å². The van der Waals surface area contributed by atoms with Gasteiger partial charge >= 0.3 is 0 Å². The third-order valence-electron chi connectivity index (χ3n) is 3.96. The maximum atomic E-state index is 11.2. The number of halogens is 1. The lowest BCUT2D eigenvalue weighted by Gasteiger charge is -2.40. The van der Waals surface area contributed by atoms with Crippen LogP contribution in [0.5, 0.6) is 5.75 Å². The Labute approximate surface area is 136 Å². The number of hydrogen-bond acceptors (Lipinski definition) is 3. The lowest BCUT2D eigenvalue weighted by molar-refractivity contribution is -0.0947. The van der Waals surface area contributed by atoms with Crippen molar-refractivity contribution in [3.8, 4) is 5.75 Å². The van der Waals surface area contributed by atoms with E-state index in [1.165, 1.54) is 0 Å². The van der Waals surface area contributed by atoms with Crippen LogP contribution in [0.25, 0.3) is 0 Å². The zero-order valence-corrected chi connectivity index (χ0v) is 14.2. The van der Waals surface area contributed by atoms with Gasteiger partial charge in [0.15, 0.2) is 0 Å². The Morgan fingerprint density at radius 1 is 1.23 bits per heavy atom. The van der Waals surface area contributed by atoms with E-state index in [-0.39, 0.29) is 6.61 Å². The standard InChI is InChI=1S/C18H22ClNO2/c1-13-10-15(7-8-16(13)19)22-12-18(21,17(2,3)4)14-6-5-9-20-11-14/h5-11,21H,12H2,1-4H3. The van der Waals surface area contributed by atoms with Crippen LogP contribution in [0.1, 0.15) is 31.9 Å². The maximum Gasteiger partial charge on any atom is 0.130 e.